The van der Waals surface area contributed by atoms with Crippen molar-refractivity contribution in [3.8, 4) is 0 Å². The van der Waals surface area contributed by atoms with Gasteiger partial charge in [0, 0.05) is 20.2 Å². The fraction of sp³-hybridized carbons (Fsp3) is 0.600. The third-order valence-electron chi connectivity index (χ3n) is 3.06. The number of nitrogens with zero attached hydrogens (tertiary/aromatic N) is 3. The van der Waals surface area contributed by atoms with E-state index in [9.17, 15) is 12.8 Å². The quantitative estimate of drug-likeness (QED) is 0.805. The number of piperidine rings is 1. The number of anilines is 1. The van der Waals surface area contributed by atoms with Crippen LogP contribution in [0, 0.1) is 5.82 Å². The van der Waals surface area contributed by atoms with Crippen LogP contribution in [0.4, 0.5) is 10.3 Å². The van der Waals surface area contributed by atoms with Crippen molar-refractivity contribution in [2.75, 3.05) is 25.1 Å². The van der Waals surface area contributed by atoms with Crippen LogP contribution >= 0.6 is 0 Å². The van der Waals surface area contributed by atoms with Crippen molar-refractivity contribution in [1.29, 1.82) is 0 Å². The van der Waals surface area contributed by atoms with E-state index >= 15 is 0 Å². The Morgan fingerprint density at radius 2 is 2.05 bits per heavy atom. The molecule has 1 aliphatic rings. The monoisotopic (exact) mass is 290 g/mol. The number of nitrogens with two attached hydrogens (primary N) is 1. The number of ether oxygens (including phenoxy) is 1. The Labute approximate surface area is 110 Å². The molecule has 2 unspecified atom stereocenters. The summed E-state index contributed by atoms with van der Waals surface area (Å²) in [6.45, 7) is 0.610. The Kier molecular flexibility index (Phi) is 3.97. The zero-order valence-corrected chi connectivity index (χ0v) is 11.2. The van der Waals surface area contributed by atoms with Crippen molar-refractivity contribution in [2.45, 2.75) is 17.8 Å². The van der Waals surface area contributed by atoms with Crippen LogP contribution in [0.2, 0.25) is 0 Å². The van der Waals surface area contributed by atoms with Crippen LogP contribution in [0.3, 0.4) is 0 Å². The van der Waals surface area contributed by atoms with Gasteiger partial charge in [-0.15, -0.1) is 0 Å². The van der Waals surface area contributed by atoms with Crippen LogP contribution in [0.25, 0.3) is 0 Å². The molecule has 0 radical (unpaired) electrons. The molecule has 7 nitrogen and oxygen atoms in total. The van der Waals surface area contributed by atoms with E-state index in [2.05, 4.69) is 9.97 Å². The lowest BCUT2D eigenvalue weighted by atomic mass is 10.1. The first-order valence-electron chi connectivity index (χ1n) is 5.67. The van der Waals surface area contributed by atoms with E-state index in [0.29, 0.717) is 13.0 Å². The lowest BCUT2D eigenvalue weighted by molar-refractivity contribution is 0.0898. The summed E-state index contributed by atoms with van der Waals surface area (Å²) < 4.78 is 40.9. The summed E-state index contributed by atoms with van der Waals surface area (Å²) in [5, 5.41) is 4.43. The number of rotatable bonds is 3. The van der Waals surface area contributed by atoms with E-state index in [-0.39, 0.29) is 18.6 Å². The third-order valence-corrected chi connectivity index (χ3v) is 4.33. The molecule has 0 amide bonds. The maximum atomic E-state index is 12.8. The van der Waals surface area contributed by atoms with Crippen molar-refractivity contribution < 1.29 is 17.5 Å². The molecule has 0 spiro atoms. The van der Waals surface area contributed by atoms with Gasteiger partial charge in [-0.2, -0.15) is 0 Å². The van der Waals surface area contributed by atoms with Gasteiger partial charge in [-0.25, -0.2) is 27.9 Å². The topological polar surface area (TPSA) is 98.4 Å². The molecule has 2 atom stereocenters. The zero-order valence-electron chi connectivity index (χ0n) is 10.4. The summed E-state index contributed by atoms with van der Waals surface area (Å²) in [4.78, 5) is 9.30. The van der Waals surface area contributed by atoms with Crippen molar-refractivity contribution in [3.05, 3.63) is 18.2 Å². The minimum Gasteiger partial charge on any atom is -0.380 e. The summed E-state index contributed by atoms with van der Waals surface area (Å²) in [5.74, 6) is -0.288. The number of sulfonamides is 1. The van der Waals surface area contributed by atoms with Crippen LogP contribution in [0.15, 0.2) is 12.4 Å². The predicted molar refractivity (Wildman–Crippen MR) is 66.5 cm³/mol. The number of halogens is 1. The summed E-state index contributed by atoms with van der Waals surface area (Å²) in [5.41, 5.74) is 0. The molecule has 1 aliphatic heterocycles. The maximum absolute atomic E-state index is 12.8. The zero-order chi connectivity index (χ0) is 14.0. The van der Waals surface area contributed by atoms with Crippen LogP contribution in [0.5, 0.6) is 0 Å². The number of hydrogen-bond acceptors (Lipinski definition) is 6. The van der Waals surface area contributed by atoms with Gasteiger partial charge >= 0.3 is 0 Å². The lowest BCUT2D eigenvalue weighted by Crippen LogP contribution is -2.51. The van der Waals surface area contributed by atoms with Crippen molar-refractivity contribution >= 4 is 16.0 Å². The van der Waals surface area contributed by atoms with Crippen LogP contribution in [-0.4, -0.2) is 49.9 Å². The minimum atomic E-state index is -3.67. The molecule has 1 aromatic rings. The lowest BCUT2D eigenvalue weighted by Gasteiger charge is -2.35. The summed E-state index contributed by atoms with van der Waals surface area (Å²) in [7, 11) is -2.17. The van der Waals surface area contributed by atoms with E-state index in [1.807, 2.05) is 0 Å². The highest BCUT2D eigenvalue weighted by Gasteiger charge is 2.34. The van der Waals surface area contributed by atoms with E-state index in [1.54, 1.807) is 4.90 Å². The predicted octanol–water partition coefficient (Wildman–Crippen LogP) is -0.502. The average Bonchev–Trinajstić information content (AvgIpc) is 2.38. The Hall–Kier alpha value is -1.32. The number of methoxy groups -OCH3 is 1. The van der Waals surface area contributed by atoms with Gasteiger partial charge in [0.05, 0.1) is 23.7 Å². The summed E-state index contributed by atoms with van der Waals surface area (Å²) in [6.07, 6.45) is 2.10. The van der Waals surface area contributed by atoms with E-state index in [4.69, 9.17) is 9.88 Å². The first-order chi connectivity index (χ1) is 8.90. The molecule has 19 heavy (non-hydrogen) atoms. The van der Waals surface area contributed by atoms with Crippen LogP contribution in [0.1, 0.15) is 6.42 Å². The first-order valence-corrected chi connectivity index (χ1v) is 7.28. The Balaban J connectivity index is 2.22. The highest BCUT2D eigenvalue weighted by atomic mass is 32.2. The molecule has 1 aromatic heterocycles. The van der Waals surface area contributed by atoms with Gasteiger partial charge in [0.1, 0.15) is 0 Å². The van der Waals surface area contributed by atoms with E-state index in [0.717, 1.165) is 12.4 Å². The molecular formula is C10H15FN4O3S. The summed E-state index contributed by atoms with van der Waals surface area (Å²) in [6, 6.07) is 0. The van der Waals surface area contributed by atoms with Gasteiger partial charge in [-0.05, 0) is 6.42 Å². The third kappa shape index (κ3) is 3.37. The van der Waals surface area contributed by atoms with E-state index < -0.39 is 21.1 Å². The molecule has 9 heteroatoms. The highest BCUT2D eigenvalue weighted by molar-refractivity contribution is 7.89. The largest absolute Gasteiger partial charge is 0.380 e. The average molecular weight is 290 g/mol. The second-order valence-corrected chi connectivity index (χ2v) is 6.26. The first kappa shape index (κ1) is 14.1. The maximum Gasteiger partial charge on any atom is 0.225 e. The second kappa shape index (κ2) is 5.35. The second-order valence-electron chi connectivity index (χ2n) is 4.41. The Bertz CT molecular complexity index is 536. The molecule has 2 rings (SSSR count). The molecule has 2 heterocycles. The smallest absolute Gasteiger partial charge is 0.225 e. The normalized spacial score (nSPS) is 24.5. The van der Waals surface area contributed by atoms with Gasteiger partial charge in [0.25, 0.3) is 0 Å². The molecule has 2 N–H and O–H groups in total. The molecule has 0 bridgehead atoms. The molecular weight excluding hydrogens is 275 g/mol. The molecule has 0 aromatic carbocycles. The van der Waals surface area contributed by atoms with Gasteiger partial charge in [0.15, 0.2) is 5.82 Å². The van der Waals surface area contributed by atoms with Gasteiger partial charge in [-0.3, -0.25) is 0 Å². The van der Waals surface area contributed by atoms with Crippen LogP contribution in [-0.2, 0) is 14.8 Å². The standard InChI is InChI=1S/C10H15FN4O3S/c1-18-8-2-9(19(12,16)17)6-15(5-8)10-13-3-7(11)4-14-10/h3-4,8-9H,2,5-6H2,1H3,(H2,12,16,17). The van der Waals surface area contributed by atoms with Gasteiger partial charge in [-0.1, -0.05) is 0 Å². The highest BCUT2D eigenvalue weighted by Crippen LogP contribution is 2.21. The Morgan fingerprint density at radius 1 is 1.42 bits per heavy atom. The molecule has 1 fully saturated rings. The number of primary sulfonamides is 1. The number of aromatic nitrogens is 2. The SMILES string of the molecule is COC1CC(S(N)(=O)=O)CN(c2ncc(F)cn2)C1. The molecule has 106 valence electrons. The minimum absolute atomic E-state index is 0.171. The van der Waals surface area contributed by atoms with Crippen molar-refractivity contribution in [2.24, 2.45) is 5.14 Å². The fourth-order valence-electron chi connectivity index (χ4n) is 2.05. The molecule has 0 aliphatic carbocycles. The van der Waals surface area contributed by atoms with E-state index in [1.165, 1.54) is 7.11 Å². The molecule has 0 saturated carbocycles. The van der Waals surface area contributed by atoms with Gasteiger partial charge < -0.3 is 9.64 Å². The molecule has 1 saturated heterocycles. The van der Waals surface area contributed by atoms with Gasteiger partial charge in [0.2, 0.25) is 16.0 Å². The van der Waals surface area contributed by atoms with Crippen molar-refractivity contribution in [3.63, 3.8) is 0 Å². The fourth-order valence-corrected chi connectivity index (χ4v) is 2.92. The number of hydrogen-bond donors (Lipinski definition) is 1. The van der Waals surface area contributed by atoms with Crippen molar-refractivity contribution in [1.82, 2.24) is 9.97 Å². The summed E-state index contributed by atoms with van der Waals surface area (Å²) >= 11 is 0. The van der Waals surface area contributed by atoms with Crippen LogP contribution < -0.4 is 10.0 Å². The Morgan fingerprint density at radius 3 is 2.58 bits per heavy atom.